The molecule has 108 valence electrons. The minimum Gasteiger partial charge on any atom is -0.347 e. The van der Waals surface area contributed by atoms with Gasteiger partial charge in [0.1, 0.15) is 5.69 Å². The average molecular weight is 286 g/mol. The Bertz CT molecular complexity index is 397. The predicted molar refractivity (Wildman–Crippen MR) is 79.8 cm³/mol. The van der Waals surface area contributed by atoms with Crippen LogP contribution in [0.3, 0.4) is 0 Å². The fraction of sp³-hybridized carbons (Fsp3) is 0.643. The van der Waals surface area contributed by atoms with Crippen LogP contribution in [0.2, 0.25) is 0 Å². The molecule has 1 aromatic rings. The van der Waals surface area contributed by atoms with Crippen molar-refractivity contribution in [2.75, 3.05) is 26.2 Å². The molecule has 19 heavy (non-hydrogen) atoms. The number of carbonyl (C=O) groups is 1. The number of amides is 1. The predicted octanol–water partition coefficient (Wildman–Crippen LogP) is 1.91. The van der Waals surface area contributed by atoms with Crippen LogP contribution in [0.5, 0.6) is 0 Å². The molecule has 0 atom stereocenters. The van der Waals surface area contributed by atoms with E-state index in [2.05, 4.69) is 12.2 Å². The molecule has 1 N–H and O–H groups in total. The molecule has 1 aliphatic rings. The lowest BCUT2D eigenvalue weighted by Gasteiger charge is -2.32. The molecule has 0 saturated carbocycles. The van der Waals surface area contributed by atoms with E-state index in [1.165, 1.54) is 0 Å². The maximum Gasteiger partial charge on any atom is 0.270 e. The first kappa shape index (κ1) is 16.1. The molecule has 1 fully saturated rings. The van der Waals surface area contributed by atoms with Gasteiger partial charge in [-0.2, -0.15) is 0 Å². The van der Waals surface area contributed by atoms with Crippen LogP contribution in [-0.2, 0) is 7.05 Å². The Morgan fingerprint density at radius 1 is 1.42 bits per heavy atom. The molecule has 1 aliphatic heterocycles. The summed E-state index contributed by atoms with van der Waals surface area (Å²) in [4.78, 5) is 14.3. The van der Waals surface area contributed by atoms with Gasteiger partial charge in [-0.25, -0.2) is 0 Å². The van der Waals surface area contributed by atoms with Gasteiger partial charge in [-0.3, -0.25) is 4.79 Å². The summed E-state index contributed by atoms with van der Waals surface area (Å²) in [5, 5.41) is 3.39. The zero-order chi connectivity index (χ0) is 13.0. The van der Waals surface area contributed by atoms with Gasteiger partial charge in [-0.05, 0) is 44.0 Å². The SMILES string of the molecule is CCNCC1CCN(C(=O)c2cccn2C)CC1.Cl. The molecular formula is C14H24ClN3O. The molecule has 2 heterocycles. The van der Waals surface area contributed by atoms with Crippen molar-refractivity contribution in [2.45, 2.75) is 19.8 Å². The molecule has 0 spiro atoms. The van der Waals surface area contributed by atoms with Crippen molar-refractivity contribution in [3.8, 4) is 0 Å². The lowest BCUT2D eigenvalue weighted by atomic mass is 9.96. The third-order valence-corrected chi connectivity index (χ3v) is 3.75. The minimum atomic E-state index is 0. The van der Waals surface area contributed by atoms with Crippen LogP contribution in [0.25, 0.3) is 0 Å². The topological polar surface area (TPSA) is 37.3 Å². The van der Waals surface area contributed by atoms with Gasteiger partial charge in [0.25, 0.3) is 5.91 Å². The van der Waals surface area contributed by atoms with E-state index in [0.717, 1.165) is 50.6 Å². The van der Waals surface area contributed by atoms with Gasteiger partial charge in [0.15, 0.2) is 0 Å². The number of aromatic nitrogens is 1. The van der Waals surface area contributed by atoms with Crippen LogP contribution < -0.4 is 5.32 Å². The molecule has 0 aromatic carbocycles. The van der Waals surface area contributed by atoms with Gasteiger partial charge in [0, 0.05) is 26.3 Å². The Morgan fingerprint density at radius 3 is 2.63 bits per heavy atom. The zero-order valence-corrected chi connectivity index (χ0v) is 12.6. The van der Waals surface area contributed by atoms with E-state index in [4.69, 9.17) is 0 Å². The summed E-state index contributed by atoms with van der Waals surface area (Å²) in [5.74, 6) is 0.895. The average Bonchev–Trinajstić information content (AvgIpc) is 2.82. The highest BCUT2D eigenvalue weighted by Crippen LogP contribution is 2.18. The number of aryl methyl sites for hydroxylation is 1. The van der Waals surface area contributed by atoms with E-state index in [1.807, 2.05) is 34.8 Å². The molecule has 1 saturated heterocycles. The molecule has 0 aliphatic carbocycles. The molecule has 0 bridgehead atoms. The summed E-state index contributed by atoms with van der Waals surface area (Å²) in [5.41, 5.74) is 0.792. The maximum atomic E-state index is 12.3. The van der Waals surface area contributed by atoms with Crippen LogP contribution in [0.4, 0.5) is 0 Å². The van der Waals surface area contributed by atoms with Crippen molar-refractivity contribution in [3.05, 3.63) is 24.0 Å². The Balaban J connectivity index is 0.00000180. The van der Waals surface area contributed by atoms with E-state index >= 15 is 0 Å². The number of hydrogen-bond acceptors (Lipinski definition) is 2. The first-order chi connectivity index (χ1) is 8.72. The van der Waals surface area contributed by atoms with Crippen LogP contribution in [0.1, 0.15) is 30.3 Å². The molecule has 0 radical (unpaired) electrons. The minimum absolute atomic E-state index is 0. The summed E-state index contributed by atoms with van der Waals surface area (Å²) in [6, 6.07) is 3.82. The third kappa shape index (κ3) is 3.98. The van der Waals surface area contributed by atoms with Crippen LogP contribution >= 0.6 is 12.4 Å². The molecule has 2 rings (SSSR count). The quantitative estimate of drug-likeness (QED) is 0.918. The zero-order valence-electron chi connectivity index (χ0n) is 11.8. The number of rotatable bonds is 4. The fourth-order valence-corrected chi connectivity index (χ4v) is 2.53. The molecule has 4 nitrogen and oxygen atoms in total. The summed E-state index contributed by atoms with van der Waals surface area (Å²) in [6.45, 7) is 6.03. The Morgan fingerprint density at radius 2 is 2.11 bits per heavy atom. The Kier molecular flexibility index (Phi) is 6.38. The van der Waals surface area contributed by atoms with Crippen molar-refractivity contribution in [3.63, 3.8) is 0 Å². The maximum absolute atomic E-state index is 12.3. The lowest BCUT2D eigenvalue weighted by molar-refractivity contribution is 0.0680. The van der Waals surface area contributed by atoms with Gasteiger partial charge >= 0.3 is 0 Å². The second-order valence-corrected chi connectivity index (χ2v) is 5.05. The second-order valence-electron chi connectivity index (χ2n) is 5.05. The summed E-state index contributed by atoms with van der Waals surface area (Å²) in [7, 11) is 1.92. The lowest BCUT2D eigenvalue weighted by Crippen LogP contribution is -2.41. The first-order valence-corrected chi connectivity index (χ1v) is 6.83. The van der Waals surface area contributed by atoms with Gasteiger partial charge in [0.05, 0.1) is 0 Å². The normalized spacial score (nSPS) is 16.2. The largest absolute Gasteiger partial charge is 0.347 e. The second kappa shape index (κ2) is 7.56. The van der Waals surface area contributed by atoms with E-state index in [1.54, 1.807) is 0 Å². The van der Waals surface area contributed by atoms with Crippen molar-refractivity contribution >= 4 is 18.3 Å². The van der Waals surface area contributed by atoms with Gasteiger partial charge < -0.3 is 14.8 Å². The van der Waals surface area contributed by atoms with Gasteiger partial charge in [-0.1, -0.05) is 6.92 Å². The first-order valence-electron chi connectivity index (χ1n) is 6.83. The van der Waals surface area contributed by atoms with Gasteiger partial charge in [0.2, 0.25) is 0 Å². The molecular weight excluding hydrogens is 262 g/mol. The highest BCUT2D eigenvalue weighted by atomic mass is 35.5. The number of nitrogens with one attached hydrogen (secondary N) is 1. The number of likely N-dealkylation sites (tertiary alicyclic amines) is 1. The Labute approximate surface area is 121 Å². The smallest absolute Gasteiger partial charge is 0.270 e. The van der Waals surface area contributed by atoms with Crippen molar-refractivity contribution in [1.82, 2.24) is 14.8 Å². The molecule has 5 heteroatoms. The van der Waals surface area contributed by atoms with E-state index < -0.39 is 0 Å². The Hall–Kier alpha value is -1.00. The summed E-state index contributed by atoms with van der Waals surface area (Å²) in [6.07, 6.45) is 4.15. The highest BCUT2D eigenvalue weighted by molar-refractivity contribution is 5.92. The van der Waals surface area contributed by atoms with E-state index in [9.17, 15) is 4.79 Å². The fourth-order valence-electron chi connectivity index (χ4n) is 2.53. The summed E-state index contributed by atoms with van der Waals surface area (Å²) >= 11 is 0. The monoisotopic (exact) mass is 285 g/mol. The van der Waals surface area contributed by atoms with Crippen LogP contribution in [0.15, 0.2) is 18.3 Å². The highest BCUT2D eigenvalue weighted by Gasteiger charge is 2.24. The van der Waals surface area contributed by atoms with E-state index in [0.29, 0.717) is 0 Å². The van der Waals surface area contributed by atoms with Crippen molar-refractivity contribution < 1.29 is 4.79 Å². The number of nitrogens with zero attached hydrogens (tertiary/aromatic N) is 2. The van der Waals surface area contributed by atoms with E-state index in [-0.39, 0.29) is 18.3 Å². The number of hydrogen-bond donors (Lipinski definition) is 1. The molecule has 1 amide bonds. The van der Waals surface area contributed by atoms with Crippen molar-refractivity contribution in [1.29, 1.82) is 0 Å². The number of carbonyl (C=O) groups excluding carboxylic acids is 1. The third-order valence-electron chi connectivity index (χ3n) is 3.75. The molecule has 0 unspecified atom stereocenters. The van der Waals surface area contributed by atoms with Crippen LogP contribution in [0, 0.1) is 5.92 Å². The number of halogens is 1. The standard InChI is InChI=1S/C14H23N3O.ClH/c1-3-15-11-12-6-9-17(10-7-12)14(18)13-5-4-8-16(13)2;/h4-5,8,12,15H,3,6-7,9-11H2,1-2H3;1H. The van der Waals surface area contributed by atoms with Gasteiger partial charge in [-0.15, -0.1) is 12.4 Å². The number of piperidine rings is 1. The summed E-state index contributed by atoms with van der Waals surface area (Å²) < 4.78 is 1.90. The van der Waals surface area contributed by atoms with Crippen molar-refractivity contribution in [2.24, 2.45) is 13.0 Å². The van der Waals surface area contributed by atoms with Crippen LogP contribution in [-0.4, -0.2) is 41.6 Å². The molecule has 1 aromatic heterocycles.